The lowest BCUT2D eigenvalue weighted by molar-refractivity contribution is 0.239. The number of nitrogens with one attached hydrogen (secondary N) is 2. The fraction of sp³-hybridized carbons (Fsp3) is 0.462. The van der Waals surface area contributed by atoms with Crippen LogP contribution in [0.3, 0.4) is 0 Å². The van der Waals surface area contributed by atoms with Crippen LogP contribution in [0.25, 0.3) is 0 Å². The van der Waals surface area contributed by atoms with E-state index in [1.165, 1.54) is 0 Å². The molecule has 0 aliphatic carbocycles. The highest BCUT2D eigenvalue weighted by Gasteiger charge is 2.27. The molecule has 2 amide bonds. The summed E-state index contributed by atoms with van der Waals surface area (Å²) in [7, 11) is -2.87. The second kappa shape index (κ2) is 6.06. The summed E-state index contributed by atoms with van der Waals surface area (Å²) in [6.07, 6.45) is 0.640. The molecule has 1 aromatic rings. The summed E-state index contributed by atoms with van der Waals surface area (Å²) in [5.74, 6) is 0.476. The lowest BCUT2D eigenvalue weighted by Gasteiger charge is -2.10. The molecule has 2 rings (SSSR count). The molecule has 0 unspecified atom stereocenters. The SMILES string of the molecule is O=C(NCc1ccccc1)NC[C@@H]1CCS(=O)(=O)C1. The van der Waals surface area contributed by atoms with Crippen LogP contribution in [0.15, 0.2) is 30.3 Å². The zero-order valence-electron chi connectivity index (χ0n) is 10.6. The average Bonchev–Trinajstić information content (AvgIpc) is 2.75. The maximum atomic E-state index is 11.6. The minimum atomic E-state index is -2.87. The van der Waals surface area contributed by atoms with E-state index in [0.29, 0.717) is 19.5 Å². The van der Waals surface area contributed by atoms with Crippen LogP contribution in [-0.2, 0) is 16.4 Å². The molecule has 1 saturated heterocycles. The molecule has 5 nitrogen and oxygen atoms in total. The first-order valence-electron chi connectivity index (χ1n) is 6.31. The fourth-order valence-electron chi connectivity index (χ4n) is 2.11. The molecule has 1 aliphatic heterocycles. The highest BCUT2D eigenvalue weighted by molar-refractivity contribution is 7.91. The van der Waals surface area contributed by atoms with Gasteiger partial charge in [-0.15, -0.1) is 0 Å². The third-order valence-electron chi connectivity index (χ3n) is 3.17. The number of carbonyl (C=O) groups is 1. The largest absolute Gasteiger partial charge is 0.338 e. The van der Waals surface area contributed by atoms with Gasteiger partial charge in [0.25, 0.3) is 0 Å². The van der Waals surface area contributed by atoms with Crippen LogP contribution in [0.1, 0.15) is 12.0 Å². The summed E-state index contributed by atoms with van der Waals surface area (Å²) >= 11 is 0. The van der Waals surface area contributed by atoms with Crippen LogP contribution in [0, 0.1) is 5.92 Å². The smallest absolute Gasteiger partial charge is 0.315 e. The highest BCUT2D eigenvalue weighted by Crippen LogP contribution is 2.17. The van der Waals surface area contributed by atoms with Crippen molar-refractivity contribution < 1.29 is 13.2 Å². The van der Waals surface area contributed by atoms with E-state index in [2.05, 4.69) is 10.6 Å². The molecule has 2 N–H and O–H groups in total. The molecule has 0 spiro atoms. The van der Waals surface area contributed by atoms with Crippen molar-refractivity contribution in [2.45, 2.75) is 13.0 Å². The quantitative estimate of drug-likeness (QED) is 0.862. The van der Waals surface area contributed by atoms with Gasteiger partial charge in [-0.2, -0.15) is 0 Å². The van der Waals surface area contributed by atoms with Crippen LogP contribution in [0.2, 0.25) is 0 Å². The Kier molecular flexibility index (Phi) is 4.42. The van der Waals surface area contributed by atoms with Crippen molar-refractivity contribution in [3.63, 3.8) is 0 Å². The van der Waals surface area contributed by atoms with E-state index in [0.717, 1.165) is 5.56 Å². The second-order valence-electron chi connectivity index (χ2n) is 4.82. The molecule has 19 heavy (non-hydrogen) atoms. The third-order valence-corrected chi connectivity index (χ3v) is 5.01. The topological polar surface area (TPSA) is 75.3 Å². The first kappa shape index (κ1) is 13.9. The maximum absolute atomic E-state index is 11.6. The van der Waals surface area contributed by atoms with Gasteiger partial charge in [-0.1, -0.05) is 30.3 Å². The Balaban J connectivity index is 1.68. The minimum Gasteiger partial charge on any atom is -0.338 e. The van der Waals surface area contributed by atoms with Crippen molar-refractivity contribution >= 4 is 15.9 Å². The summed E-state index contributed by atoms with van der Waals surface area (Å²) < 4.78 is 22.5. The first-order valence-corrected chi connectivity index (χ1v) is 8.13. The van der Waals surface area contributed by atoms with Gasteiger partial charge >= 0.3 is 6.03 Å². The van der Waals surface area contributed by atoms with Gasteiger partial charge < -0.3 is 10.6 Å². The molecule has 1 heterocycles. The summed E-state index contributed by atoms with van der Waals surface area (Å²) in [4.78, 5) is 11.6. The molecule has 1 atom stereocenters. The molecular formula is C13H18N2O3S. The van der Waals surface area contributed by atoms with Crippen molar-refractivity contribution in [2.24, 2.45) is 5.92 Å². The van der Waals surface area contributed by atoms with Crippen molar-refractivity contribution in [3.8, 4) is 0 Å². The highest BCUT2D eigenvalue weighted by atomic mass is 32.2. The van der Waals surface area contributed by atoms with Gasteiger partial charge in [0.1, 0.15) is 0 Å². The van der Waals surface area contributed by atoms with Crippen LogP contribution in [0.4, 0.5) is 4.79 Å². The molecule has 0 aromatic heterocycles. The molecular weight excluding hydrogens is 264 g/mol. The summed E-state index contributed by atoms with van der Waals surface area (Å²) in [6.45, 7) is 0.884. The molecule has 0 saturated carbocycles. The Hall–Kier alpha value is -1.56. The summed E-state index contributed by atoms with van der Waals surface area (Å²) in [6, 6.07) is 9.36. The first-order chi connectivity index (χ1) is 9.05. The molecule has 6 heteroatoms. The van der Waals surface area contributed by atoms with Gasteiger partial charge in [0, 0.05) is 13.1 Å². The molecule has 0 radical (unpaired) electrons. The van der Waals surface area contributed by atoms with Crippen molar-refractivity contribution in [1.82, 2.24) is 10.6 Å². The predicted molar refractivity (Wildman–Crippen MR) is 73.4 cm³/mol. The van der Waals surface area contributed by atoms with Crippen molar-refractivity contribution in [2.75, 3.05) is 18.1 Å². The second-order valence-corrected chi connectivity index (χ2v) is 7.05. The molecule has 104 valence electrons. The van der Waals surface area contributed by atoms with Gasteiger partial charge in [0.05, 0.1) is 11.5 Å². The molecule has 0 bridgehead atoms. The van der Waals surface area contributed by atoms with E-state index in [4.69, 9.17) is 0 Å². The average molecular weight is 282 g/mol. The van der Waals surface area contributed by atoms with Gasteiger partial charge in [-0.25, -0.2) is 13.2 Å². The van der Waals surface area contributed by atoms with Crippen molar-refractivity contribution in [3.05, 3.63) is 35.9 Å². The minimum absolute atomic E-state index is 0.0486. The van der Waals surface area contributed by atoms with Crippen LogP contribution in [0.5, 0.6) is 0 Å². The number of hydrogen-bond acceptors (Lipinski definition) is 3. The number of amides is 2. The zero-order chi connectivity index (χ0) is 13.7. The number of benzene rings is 1. The Morgan fingerprint density at radius 3 is 2.58 bits per heavy atom. The maximum Gasteiger partial charge on any atom is 0.315 e. The van der Waals surface area contributed by atoms with Gasteiger partial charge in [-0.05, 0) is 17.9 Å². The number of sulfone groups is 1. The molecule has 1 fully saturated rings. The Morgan fingerprint density at radius 2 is 1.95 bits per heavy atom. The van der Waals surface area contributed by atoms with E-state index < -0.39 is 9.84 Å². The Bertz CT molecular complexity index is 528. The third kappa shape index (κ3) is 4.55. The number of carbonyl (C=O) groups excluding carboxylic acids is 1. The van der Waals surface area contributed by atoms with Crippen LogP contribution < -0.4 is 10.6 Å². The lowest BCUT2D eigenvalue weighted by Crippen LogP contribution is -2.38. The summed E-state index contributed by atoms with van der Waals surface area (Å²) in [5, 5.41) is 5.46. The number of urea groups is 1. The van der Waals surface area contributed by atoms with Crippen LogP contribution >= 0.6 is 0 Å². The van der Waals surface area contributed by atoms with E-state index >= 15 is 0 Å². The van der Waals surface area contributed by atoms with E-state index in [1.54, 1.807) is 0 Å². The van der Waals surface area contributed by atoms with E-state index in [9.17, 15) is 13.2 Å². The fourth-order valence-corrected chi connectivity index (χ4v) is 3.97. The number of hydrogen-bond donors (Lipinski definition) is 2. The van der Waals surface area contributed by atoms with Gasteiger partial charge in [-0.3, -0.25) is 0 Å². The Labute approximate surface area is 113 Å². The monoisotopic (exact) mass is 282 g/mol. The van der Waals surface area contributed by atoms with E-state index in [1.807, 2.05) is 30.3 Å². The van der Waals surface area contributed by atoms with Gasteiger partial charge in [0.2, 0.25) is 0 Å². The lowest BCUT2D eigenvalue weighted by atomic mass is 10.1. The standard InChI is InChI=1S/C13H18N2O3S/c16-13(14-8-11-4-2-1-3-5-11)15-9-12-6-7-19(17,18)10-12/h1-5,12H,6-10H2,(H2,14,15,16)/t12-/m0/s1. The normalized spacial score (nSPS) is 20.9. The molecule has 1 aromatic carbocycles. The van der Waals surface area contributed by atoms with E-state index in [-0.39, 0.29) is 23.5 Å². The summed E-state index contributed by atoms with van der Waals surface area (Å²) in [5.41, 5.74) is 1.03. The Morgan fingerprint density at radius 1 is 1.21 bits per heavy atom. The van der Waals surface area contributed by atoms with Crippen molar-refractivity contribution in [1.29, 1.82) is 0 Å². The van der Waals surface area contributed by atoms with Crippen LogP contribution in [-0.4, -0.2) is 32.5 Å². The molecule has 1 aliphatic rings. The number of rotatable bonds is 4. The predicted octanol–water partition coefficient (Wildman–Crippen LogP) is 0.921. The van der Waals surface area contributed by atoms with Gasteiger partial charge in [0.15, 0.2) is 9.84 Å². The zero-order valence-corrected chi connectivity index (χ0v) is 11.4.